The van der Waals surface area contributed by atoms with Gasteiger partial charge in [-0.2, -0.15) is 4.31 Å². The highest BCUT2D eigenvalue weighted by molar-refractivity contribution is 7.92. The van der Waals surface area contributed by atoms with Crippen molar-refractivity contribution in [3.05, 3.63) is 58.1 Å². The number of carbonyl (C=O) groups excluding carboxylic acids is 1. The zero-order valence-electron chi connectivity index (χ0n) is 20.6. The van der Waals surface area contributed by atoms with Crippen LogP contribution in [0.5, 0.6) is 5.75 Å². The van der Waals surface area contributed by atoms with E-state index >= 15 is 0 Å². The lowest BCUT2D eigenvalue weighted by Crippen LogP contribution is -2.41. The van der Waals surface area contributed by atoms with Gasteiger partial charge < -0.3 is 10.1 Å². The number of sulfonamides is 2. The molecule has 1 aliphatic heterocycles. The van der Waals surface area contributed by atoms with Crippen molar-refractivity contribution in [3.63, 3.8) is 0 Å². The lowest BCUT2D eigenvalue weighted by Gasteiger charge is -2.25. The number of nitro benzene ring substituents is 1. The maximum atomic E-state index is 12.7. The van der Waals surface area contributed by atoms with E-state index in [4.69, 9.17) is 4.74 Å². The number of hydrogen-bond donors (Lipinski definition) is 1. The van der Waals surface area contributed by atoms with E-state index in [0.717, 1.165) is 35.9 Å². The lowest BCUT2D eigenvalue weighted by molar-refractivity contribution is -0.384. The van der Waals surface area contributed by atoms with Gasteiger partial charge in [0.1, 0.15) is 18.9 Å². The number of nitro groups is 1. The van der Waals surface area contributed by atoms with E-state index in [1.54, 1.807) is 6.92 Å². The van der Waals surface area contributed by atoms with Gasteiger partial charge in [-0.1, -0.05) is 12.5 Å². The van der Waals surface area contributed by atoms with Gasteiger partial charge in [-0.3, -0.25) is 19.2 Å². The molecule has 1 fully saturated rings. The fourth-order valence-corrected chi connectivity index (χ4v) is 6.29. The number of benzene rings is 2. The van der Waals surface area contributed by atoms with Crippen LogP contribution in [0.15, 0.2) is 47.4 Å². The number of ether oxygens (including phenoxy) is 1. The van der Waals surface area contributed by atoms with E-state index in [9.17, 15) is 31.7 Å². The second-order valence-electron chi connectivity index (χ2n) is 8.63. The average molecular weight is 555 g/mol. The van der Waals surface area contributed by atoms with Gasteiger partial charge >= 0.3 is 0 Å². The van der Waals surface area contributed by atoms with E-state index in [1.165, 1.54) is 40.7 Å². The zero-order chi connectivity index (χ0) is 27.2. The van der Waals surface area contributed by atoms with Crippen molar-refractivity contribution in [3.8, 4) is 5.75 Å². The molecular weight excluding hydrogens is 524 g/mol. The number of nitrogens with zero attached hydrogens (tertiary/aromatic N) is 3. The first-order valence-electron chi connectivity index (χ1n) is 11.6. The molecular formula is C23H30N4O8S2. The lowest BCUT2D eigenvalue weighted by atomic mass is 10.2. The Morgan fingerprint density at radius 2 is 1.73 bits per heavy atom. The smallest absolute Gasteiger partial charge is 0.271 e. The maximum Gasteiger partial charge on any atom is 0.271 e. The summed E-state index contributed by atoms with van der Waals surface area (Å²) in [6.45, 7) is 2.16. The molecule has 1 heterocycles. The molecule has 1 N–H and O–H groups in total. The van der Waals surface area contributed by atoms with Crippen LogP contribution in [0.25, 0.3) is 0 Å². The minimum Gasteiger partial charge on any atom is -0.492 e. The predicted molar refractivity (Wildman–Crippen MR) is 138 cm³/mol. The van der Waals surface area contributed by atoms with Gasteiger partial charge in [-0.05, 0) is 49.6 Å². The van der Waals surface area contributed by atoms with Crippen LogP contribution in [0.4, 0.5) is 11.4 Å². The monoisotopic (exact) mass is 554 g/mol. The second-order valence-corrected chi connectivity index (χ2v) is 12.5. The Kier molecular flexibility index (Phi) is 9.10. The Morgan fingerprint density at radius 3 is 2.32 bits per heavy atom. The van der Waals surface area contributed by atoms with Crippen molar-refractivity contribution in [2.45, 2.75) is 31.1 Å². The normalized spacial score (nSPS) is 14.6. The van der Waals surface area contributed by atoms with E-state index < -0.39 is 37.4 Å². The molecule has 0 saturated carbocycles. The largest absolute Gasteiger partial charge is 0.492 e. The van der Waals surface area contributed by atoms with E-state index in [-0.39, 0.29) is 29.4 Å². The van der Waals surface area contributed by atoms with Crippen molar-refractivity contribution < 1.29 is 31.3 Å². The number of carbonyl (C=O) groups is 1. The standard InChI is InChI=1S/C23H30N4O8S2/c1-18-6-7-19(27(29)30)16-22(18)26(36(2,31)32)17-23(28)24-12-15-35-20-8-10-21(11-9-20)37(33,34)25-13-4-3-5-14-25/h6-11,16H,3-5,12-15,17H2,1-2H3,(H,24,28). The molecule has 0 aliphatic carbocycles. The minimum atomic E-state index is -3.91. The number of anilines is 1. The van der Waals surface area contributed by atoms with Crippen molar-refractivity contribution in [1.82, 2.24) is 9.62 Å². The topological polar surface area (TPSA) is 156 Å². The molecule has 2 aromatic carbocycles. The molecule has 0 aromatic heterocycles. The molecule has 0 spiro atoms. The summed E-state index contributed by atoms with van der Waals surface area (Å²) in [6.07, 6.45) is 3.63. The maximum absolute atomic E-state index is 12.7. The van der Waals surface area contributed by atoms with Gasteiger partial charge in [0.2, 0.25) is 26.0 Å². The number of nitrogens with one attached hydrogen (secondary N) is 1. The number of rotatable bonds is 11. The highest BCUT2D eigenvalue weighted by atomic mass is 32.2. The fraction of sp³-hybridized carbons (Fsp3) is 0.435. The van der Waals surface area contributed by atoms with Gasteiger partial charge in [0.05, 0.1) is 28.3 Å². The van der Waals surface area contributed by atoms with Gasteiger partial charge in [0.25, 0.3) is 5.69 Å². The first-order chi connectivity index (χ1) is 17.4. The Hall–Kier alpha value is -3.23. The molecule has 3 rings (SSSR count). The summed E-state index contributed by atoms with van der Waals surface area (Å²) < 4.78 is 57.9. The van der Waals surface area contributed by atoms with Crippen LogP contribution in [-0.4, -0.2) is 71.0 Å². The summed E-state index contributed by atoms with van der Waals surface area (Å²) in [7, 11) is -7.45. The molecule has 12 nitrogen and oxygen atoms in total. The van der Waals surface area contributed by atoms with Crippen LogP contribution in [0.2, 0.25) is 0 Å². The molecule has 1 aliphatic rings. The second kappa shape index (κ2) is 11.9. The highest BCUT2D eigenvalue weighted by Crippen LogP contribution is 2.27. The Balaban J connectivity index is 1.55. The summed E-state index contributed by atoms with van der Waals surface area (Å²) in [5, 5.41) is 13.7. The number of hydrogen-bond acceptors (Lipinski definition) is 8. The molecule has 0 bridgehead atoms. The molecule has 0 unspecified atom stereocenters. The van der Waals surface area contributed by atoms with Crippen molar-refractivity contribution in [1.29, 1.82) is 0 Å². The van der Waals surface area contributed by atoms with E-state index in [0.29, 0.717) is 24.4 Å². The predicted octanol–water partition coefficient (Wildman–Crippen LogP) is 2.04. The third-order valence-electron chi connectivity index (χ3n) is 5.83. The number of aryl methyl sites for hydroxylation is 1. The minimum absolute atomic E-state index is 0.0442. The third-order valence-corrected chi connectivity index (χ3v) is 8.87. The van der Waals surface area contributed by atoms with E-state index in [2.05, 4.69) is 5.32 Å². The summed E-state index contributed by atoms with van der Waals surface area (Å²) in [6, 6.07) is 9.81. The van der Waals surface area contributed by atoms with Crippen LogP contribution in [0.3, 0.4) is 0 Å². The summed E-state index contributed by atoms with van der Waals surface area (Å²) in [5.41, 5.74) is 0.207. The van der Waals surface area contributed by atoms with Gasteiger partial charge in [0.15, 0.2) is 0 Å². The third kappa shape index (κ3) is 7.40. The average Bonchev–Trinajstić information content (AvgIpc) is 2.85. The van der Waals surface area contributed by atoms with Gasteiger partial charge in [-0.25, -0.2) is 16.8 Å². The molecule has 2 aromatic rings. The Morgan fingerprint density at radius 1 is 1.08 bits per heavy atom. The molecule has 37 heavy (non-hydrogen) atoms. The van der Waals surface area contributed by atoms with Crippen molar-refractivity contribution in [2.24, 2.45) is 0 Å². The van der Waals surface area contributed by atoms with E-state index in [1.807, 2.05) is 0 Å². The molecule has 14 heteroatoms. The van der Waals surface area contributed by atoms with Crippen LogP contribution in [0, 0.1) is 17.0 Å². The zero-order valence-corrected chi connectivity index (χ0v) is 22.3. The van der Waals surface area contributed by atoms with Gasteiger partial charge in [0, 0.05) is 25.2 Å². The van der Waals surface area contributed by atoms with Gasteiger partial charge in [-0.15, -0.1) is 0 Å². The summed E-state index contributed by atoms with van der Waals surface area (Å²) in [4.78, 5) is 23.1. The Labute approximate surface area is 216 Å². The molecule has 1 saturated heterocycles. The highest BCUT2D eigenvalue weighted by Gasteiger charge is 2.26. The number of amides is 1. The molecule has 0 atom stereocenters. The van der Waals surface area contributed by atoms with Crippen LogP contribution in [-0.2, 0) is 24.8 Å². The van der Waals surface area contributed by atoms with Crippen LogP contribution >= 0.6 is 0 Å². The quantitative estimate of drug-likeness (QED) is 0.251. The molecule has 202 valence electrons. The van der Waals surface area contributed by atoms with Crippen molar-refractivity contribution >= 4 is 37.3 Å². The van der Waals surface area contributed by atoms with Crippen molar-refractivity contribution in [2.75, 3.05) is 43.3 Å². The fourth-order valence-electron chi connectivity index (χ4n) is 3.87. The summed E-state index contributed by atoms with van der Waals surface area (Å²) in [5.74, 6) is -0.209. The SMILES string of the molecule is Cc1ccc([N+](=O)[O-])cc1N(CC(=O)NCCOc1ccc(S(=O)(=O)N2CCCCC2)cc1)S(C)(=O)=O. The number of piperidine rings is 1. The van der Waals surface area contributed by atoms with Crippen LogP contribution in [0.1, 0.15) is 24.8 Å². The summed E-state index contributed by atoms with van der Waals surface area (Å²) >= 11 is 0. The first-order valence-corrected chi connectivity index (χ1v) is 14.9. The number of non-ortho nitro benzene ring substituents is 1. The first kappa shape index (κ1) is 28.3. The molecule has 0 radical (unpaired) electrons. The van der Waals surface area contributed by atoms with Crippen LogP contribution < -0.4 is 14.4 Å². The molecule has 1 amide bonds. The Bertz CT molecular complexity index is 1340.